The first kappa shape index (κ1) is 28.0. The van der Waals surface area contributed by atoms with Crippen LogP contribution in [0.5, 0.6) is 0 Å². The number of benzene rings is 1. The van der Waals surface area contributed by atoms with E-state index in [1.165, 1.54) is 11.9 Å². The number of nitrogen functional groups attached to an aromatic ring is 1. The van der Waals surface area contributed by atoms with Crippen LogP contribution in [0.4, 0.5) is 11.6 Å². The molecule has 0 unspecified atom stereocenters. The predicted octanol–water partition coefficient (Wildman–Crippen LogP) is 4.57. The van der Waals surface area contributed by atoms with E-state index in [0.717, 1.165) is 60.6 Å². The number of imidazole rings is 1. The lowest BCUT2D eigenvalue weighted by Gasteiger charge is -2.32. The zero-order valence-corrected chi connectivity index (χ0v) is 24.7. The van der Waals surface area contributed by atoms with Gasteiger partial charge in [-0.25, -0.2) is 29.9 Å². The number of likely N-dealkylation sites (tertiary alicyclic amines) is 1. The van der Waals surface area contributed by atoms with Crippen LogP contribution < -0.4 is 11.1 Å². The maximum atomic E-state index is 9.07. The molecule has 3 N–H and O–H groups in total. The zero-order valence-electron chi connectivity index (χ0n) is 24.7. The van der Waals surface area contributed by atoms with E-state index in [1.807, 2.05) is 48.0 Å². The summed E-state index contributed by atoms with van der Waals surface area (Å²) >= 11 is 0. The van der Waals surface area contributed by atoms with Gasteiger partial charge < -0.3 is 11.1 Å². The SMILES string of the molecule is Cc1ccc(-c2ccc3nc(-c4cncnc4N)n(-c4ccc(CN5CCC(Nc6ccnc(C#N)n6)CC5)cc4)c3n2)nc1. The van der Waals surface area contributed by atoms with Crippen LogP contribution in [0.2, 0.25) is 0 Å². The molecule has 7 rings (SSSR count). The van der Waals surface area contributed by atoms with Crippen molar-refractivity contribution in [1.82, 2.24) is 44.4 Å². The molecule has 0 amide bonds. The van der Waals surface area contributed by atoms with Crippen LogP contribution in [0.1, 0.15) is 29.8 Å². The average molecular weight is 595 g/mol. The van der Waals surface area contributed by atoms with Gasteiger partial charge in [0.05, 0.1) is 17.0 Å². The van der Waals surface area contributed by atoms with Crippen LogP contribution in [0.25, 0.3) is 39.6 Å². The van der Waals surface area contributed by atoms with Crippen LogP contribution in [0, 0.1) is 18.3 Å². The second-order valence-corrected chi connectivity index (χ2v) is 11.1. The molecule has 0 atom stereocenters. The highest BCUT2D eigenvalue weighted by Crippen LogP contribution is 2.31. The fourth-order valence-electron chi connectivity index (χ4n) is 5.60. The third-order valence-corrected chi connectivity index (χ3v) is 7.96. The van der Waals surface area contributed by atoms with Crippen LogP contribution in [-0.2, 0) is 6.54 Å². The zero-order chi connectivity index (χ0) is 30.8. The van der Waals surface area contributed by atoms with E-state index in [1.54, 1.807) is 18.5 Å². The number of hydrogen-bond acceptors (Lipinski definition) is 11. The quantitative estimate of drug-likeness (QED) is 0.266. The molecule has 0 radical (unpaired) electrons. The van der Waals surface area contributed by atoms with Gasteiger partial charge in [-0.2, -0.15) is 5.26 Å². The maximum absolute atomic E-state index is 9.07. The molecule has 12 heteroatoms. The molecule has 5 aromatic heterocycles. The van der Waals surface area contributed by atoms with E-state index in [0.29, 0.717) is 34.7 Å². The largest absolute Gasteiger partial charge is 0.383 e. The van der Waals surface area contributed by atoms with Gasteiger partial charge in [-0.15, -0.1) is 0 Å². The topological polar surface area (TPSA) is 160 Å². The number of aromatic nitrogens is 8. The summed E-state index contributed by atoms with van der Waals surface area (Å²) in [5, 5.41) is 12.5. The number of anilines is 2. The van der Waals surface area contributed by atoms with Crippen molar-refractivity contribution in [3.05, 3.63) is 96.5 Å². The molecular weight excluding hydrogens is 564 g/mol. The Balaban J connectivity index is 1.13. The Morgan fingerprint density at radius 3 is 2.49 bits per heavy atom. The Kier molecular flexibility index (Phi) is 7.51. The van der Waals surface area contributed by atoms with E-state index in [4.69, 9.17) is 21.0 Å². The number of nitriles is 1. The molecule has 1 aliphatic rings. The molecule has 6 aromatic rings. The molecule has 222 valence electrons. The van der Waals surface area contributed by atoms with E-state index in [9.17, 15) is 0 Å². The Hall–Kier alpha value is -5.80. The molecule has 1 fully saturated rings. The van der Waals surface area contributed by atoms with Crippen LogP contribution >= 0.6 is 0 Å². The predicted molar refractivity (Wildman–Crippen MR) is 171 cm³/mol. The minimum absolute atomic E-state index is 0.178. The number of nitrogens with one attached hydrogen (secondary N) is 1. The number of aryl methyl sites for hydroxylation is 1. The van der Waals surface area contributed by atoms with Crippen LogP contribution in [0.3, 0.4) is 0 Å². The summed E-state index contributed by atoms with van der Waals surface area (Å²) < 4.78 is 2.01. The van der Waals surface area contributed by atoms with Gasteiger partial charge in [0.2, 0.25) is 5.82 Å². The number of rotatable bonds is 7. The summed E-state index contributed by atoms with van der Waals surface area (Å²) in [5.41, 5.74) is 13.1. The smallest absolute Gasteiger partial charge is 0.234 e. The molecule has 12 nitrogen and oxygen atoms in total. The number of nitrogens with two attached hydrogens (primary N) is 1. The standard InChI is InChI=1S/C33H30N12/c1-21-2-7-26(38-17-21)27-8-9-28-33(41-27)45(32(42-28)25-18-36-20-39-31(25)35)24-5-3-22(4-6-24)19-44-14-11-23(12-15-44)40-29-10-13-37-30(16-34)43-29/h2-10,13,17-18,20,23H,11-12,14-15,19H2,1H3,(H2,35,36,39)(H,37,40,43). The van der Waals surface area contributed by atoms with Crippen molar-refractivity contribution in [2.45, 2.75) is 32.4 Å². The first-order valence-electron chi connectivity index (χ1n) is 14.7. The summed E-state index contributed by atoms with van der Waals surface area (Å²) in [6, 6.07) is 20.5. The molecule has 6 heterocycles. The van der Waals surface area contributed by atoms with Gasteiger partial charge in [0.1, 0.15) is 29.5 Å². The fourth-order valence-corrected chi connectivity index (χ4v) is 5.60. The number of pyridine rings is 2. The van der Waals surface area contributed by atoms with Gasteiger partial charge in [-0.3, -0.25) is 14.5 Å². The van der Waals surface area contributed by atoms with Crippen molar-refractivity contribution < 1.29 is 0 Å². The van der Waals surface area contributed by atoms with Gasteiger partial charge >= 0.3 is 0 Å². The molecule has 45 heavy (non-hydrogen) atoms. The average Bonchev–Trinajstić information content (AvgIpc) is 3.45. The lowest BCUT2D eigenvalue weighted by Crippen LogP contribution is -2.38. The maximum Gasteiger partial charge on any atom is 0.234 e. The van der Waals surface area contributed by atoms with Crippen molar-refractivity contribution in [2.24, 2.45) is 0 Å². The first-order valence-corrected chi connectivity index (χ1v) is 14.7. The summed E-state index contributed by atoms with van der Waals surface area (Å²) in [4.78, 5) is 33.6. The molecule has 1 aromatic carbocycles. The molecule has 0 bridgehead atoms. The van der Waals surface area contributed by atoms with E-state index < -0.39 is 0 Å². The summed E-state index contributed by atoms with van der Waals surface area (Å²) in [6.07, 6.45) is 8.54. The third-order valence-electron chi connectivity index (χ3n) is 7.96. The summed E-state index contributed by atoms with van der Waals surface area (Å²) in [6.45, 7) is 4.77. The second kappa shape index (κ2) is 12.1. The van der Waals surface area contributed by atoms with E-state index >= 15 is 0 Å². The molecule has 1 saturated heterocycles. The number of hydrogen-bond donors (Lipinski definition) is 2. The monoisotopic (exact) mass is 594 g/mol. The minimum Gasteiger partial charge on any atom is -0.383 e. The van der Waals surface area contributed by atoms with Crippen molar-refractivity contribution in [3.63, 3.8) is 0 Å². The second-order valence-electron chi connectivity index (χ2n) is 11.1. The van der Waals surface area contributed by atoms with Gasteiger partial charge in [-0.05, 0) is 67.3 Å². The Morgan fingerprint density at radius 2 is 1.73 bits per heavy atom. The van der Waals surface area contributed by atoms with Gasteiger partial charge in [0.15, 0.2) is 11.5 Å². The fraction of sp³-hybridized carbons (Fsp3) is 0.212. The minimum atomic E-state index is 0.178. The van der Waals surface area contributed by atoms with Crippen molar-refractivity contribution in [1.29, 1.82) is 5.26 Å². The van der Waals surface area contributed by atoms with Crippen molar-refractivity contribution in [3.8, 4) is 34.5 Å². The lowest BCUT2D eigenvalue weighted by atomic mass is 10.0. The Morgan fingerprint density at radius 1 is 0.911 bits per heavy atom. The van der Waals surface area contributed by atoms with Crippen molar-refractivity contribution >= 4 is 22.8 Å². The highest BCUT2D eigenvalue weighted by Gasteiger charge is 2.21. The molecule has 0 spiro atoms. The number of piperidine rings is 1. The van der Waals surface area contributed by atoms with Crippen LogP contribution in [-0.4, -0.2) is 63.5 Å². The van der Waals surface area contributed by atoms with E-state index in [-0.39, 0.29) is 5.82 Å². The van der Waals surface area contributed by atoms with Crippen molar-refractivity contribution in [2.75, 3.05) is 24.1 Å². The van der Waals surface area contributed by atoms with Gasteiger partial charge in [0.25, 0.3) is 0 Å². The number of fused-ring (bicyclic) bond motifs is 1. The summed E-state index contributed by atoms with van der Waals surface area (Å²) in [7, 11) is 0. The van der Waals surface area contributed by atoms with Crippen LogP contribution in [0.15, 0.2) is 79.5 Å². The highest BCUT2D eigenvalue weighted by molar-refractivity contribution is 5.84. The van der Waals surface area contributed by atoms with E-state index in [2.05, 4.69) is 59.4 Å². The van der Waals surface area contributed by atoms with Gasteiger partial charge in [0, 0.05) is 50.0 Å². The normalized spacial score (nSPS) is 14.0. The highest BCUT2D eigenvalue weighted by atomic mass is 15.2. The molecule has 1 aliphatic heterocycles. The number of nitrogens with zero attached hydrogens (tertiary/aromatic N) is 10. The molecule has 0 aliphatic carbocycles. The summed E-state index contributed by atoms with van der Waals surface area (Å²) in [5.74, 6) is 1.85. The molecular formula is C33H30N12. The van der Waals surface area contributed by atoms with Gasteiger partial charge in [-0.1, -0.05) is 18.2 Å². The Labute approximate surface area is 259 Å². The first-order chi connectivity index (χ1) is 22.0. The Bertz CT molecular complexity index is 2000. The lowest BCUT2D eigenvalue weighted by molar-refractivity contribution is 0.211. The molecule has 0 saturated carbocycles. The third kappa shape index (κ3) is 5.89.